The SMILES string of the molecule is Cc1nc(C(C)N(C)C(=O)c2cnc3c(c2)ncn3C2CCCC2)c(C)s1. The Hall–Kier alpha value is -2.28. The van der Waals surface area contributed by atoms with Gasteiger partial charge in [0.05, 0.1) is 28.6 Å². The van der Waals surface area contributed by atoms with Crippen LogP contribution in [-0.4, -0.2) is 37.4 Å². The molecule has 3 heterocycles. The molecule has 0 radical (unpaired) electrons. The second kappa shape index (κ2) is 7.03. The fraction of sp³-hybridized carbons (Fsp3) is 0.500. The van der Waals surface area contributed by atoms with Crippen molar-refractivity contribution in [3.63, 3.8) is 0 Å². The van der Waals surface area contributed by atoms with Crippen molar-refractivity contribution in [2.45, 2.75) is 58.5 Å². The summed E-state index contributed by atoms with van der Waals surface area (Å²) in [5.74, 6) is -0.0580. The van der Waals surface area contributed by atoms with Gasteiger partial charge in [0, 0.05) is 24.2 Å². The summed E-state index contributed by atoms with van der Waals surface area (Å²) in [6, 6.07) is 2.26. The average molecular weight is 384 g/mol. The molecule has 1 aliphatic carbocycles. The first-order valence-corrected chi connectivity index (χ1v) is 10.3. The molecule has 4 rings (SSSR count). The van der Waals surface area contributed by atoms with Gasteiger partial charge in [0.15, 0.2) is 5.65 Å². The van der Waals surface area contributed by atoms with Crippen molar-refractivity contribution in [1.29, 1.82) is 0 Å². The molecule has 1 aliphatic rings. The smallest absolute Gasteiger partial charge is 0.255 e. The molecule has 7 heteroatoms. The number of hydrogen-bond donors (Lipinski definition) is 0. The number of aromatic nitrogens is 4. The molecule has 6 nitrogen and oxygen atoms in total. The molecule has 1 atom stereocenters. The van der Waals surface area contributed by atoms with E-state index >= 15 is 0 Å². The monoisotopic (exact) mass is 383 g/mol. The topological polar surface area (TPSA) is 63.9 Å². The Morgan fingerprint density at radius 3 is 2.70 bits per heavy atom. The van der Waals surface area contributed by atoms with Gasteiger partial charge >= 0.3 is 0 Å². The fourth-order valence-electron chi connectivity index (χ4n) is 3.98. The van der Waals surface area contributed by atoms with E-state index in [0.29, 0.717) is 11.6 Å². The maximum atomic E-state index is 13.0. The summed E-state index contributed by atoms with van der Waals surface area (Å²) >= 11 is 1.66. The number of thiazole rings is 1. The van der Waals surface area contributed by atoms with Gasteiger partial charge in [-0.25, -0.2) is 15.0 Å². The lowest BCUT2D eigenvalue weighted by Gasteiger charge is -2.24. The quantitative estimate of drug-likeness (QED) is 0.667. The van der Waals surface area contributed by atoms with E-state index in [4.69, 9.17) is 0 Å². The van der Waals surface area contributed by atoms with E-state index in [1.807, 2.05) is 33.3 Å². The number of imidazole rings is 1. The summed E-state index contributed by atoms with van der Waals surface area (Å²) in [5.41, 5.74) is 3.20. The fourth-order valence-corrected chi connectivity index (χ4v) is 4.89. The standard InChI is InChI=1S/C20H25N5OS/c1-12(18-13(2)27-14(3)23-18)24(4)20(26)15-9-17-19(21-10-15)25(11-22-17)16-7-5-6-8-16/h9-12,16H,5-8H2,1-4H3. The van der Waals surface area contributed by atoms with Gasteiger partial charge in [0.25, 0.3) is 5.91 Å². The number of nitrogens with zero attached hydrogens (tertiary/aromatic N) is 5. The minimum Gasteiger partial charge on any atom is -0.333 e. The van der Waals surface area contributed by atoms with E-state index in [-0.39, 0.29) is 11.9 Å². The Morgan fingerprint density at radius 2 is 2.04 bits per heavy atom. The zero-order chi connectivity index (χ0) is 19.1. The normalized spacial score (nSPS) is 16.1. The zero-order valence-electron chi connectivity index (χ0n) is 16.3. The van der Waals surface area contributed by atoms with Gasteiger partial charge in [-0.3, -0.25) is 4.79 Å². The Balaban J connectivity index is 1.59. The highest BCUT2D eigenvalue weighted by molar-refractivity contribution is 7.11. The van der Waals surface area contributed by atoms with Crippen LogP contribution in [0.3, 0.4) is 0 Å². The summed E-state index contributed by atoms with van der Waals surface area (Å²) in [7, 11) is 1.82. The molecule has 3 aromatic heterocycles. The van der Waals surface area contributed by atoms with Crippen LogP contribution in [0.4, 0.5) is 0 Å². The number of carbonyl (C=O) groups excluding carboxylic acids is 1. The van der Waals surface area contributed by atoms with Crippen LogP contribution < -0.4 is 0 Å². The zero-order valence-corrected chi connectivity index (χ0v) is 17.1. The van der Waals surface area contributed by atoms with Gasteiger partial charge < -0.3 is 9.47 Å². The van der Waals surface area contributed by atoms with Crippen molar-refractivity contribution < 1.29 is 4.79 Å². The number of carbonyl (C=O) groups is 1. The summed E-state index contributed by atoms with van der Waals surface area (Å²) in [6.45, 7) is 6.06. The van der Waals surface area contributed by atoms with Crippen molar-refractivity contribution in [3.8, 4) is 0 Å². The third-order valence-electron chi connectivity index (χ3n) is 5.61. The molecule has 0 spiro atoms. The lowest BCUT2D eigenvalue weighted by atomic mass is 10.1. The number of amides is 1. The Morgan fingerprint density at radius 1 is 1.30 bits per heavy atom. The summed E-state index contributed by atoms with van der Waals surface area (Å²) in [4.78, 5) is 29.6. The molecule has 1 fully saturated rings. The van der Waals surface area contributed by atoms with Crippen LogP contribution in [0.15, 0.2) is 18.6 Å². The van der Waals surface area contributed by atoms with Gasteiger partial charge in [-0.05, 0) is 39.7 Å². The highest BCUT2D eigenvalue weighted by Gasteiger charge is 2.24. The minimum absolute atomic E-state index is 0.0580. The maximum Gasteiger partial charge on any atom is 0.255 e. The summed E-state index contributed by atoms with van der Waals surface area (Å²) in [5, 5.41) is 1.02. The first kappa shape index (κ1) is 18.1. The highest BCUT2D eigenvalue weighted by Crippen LogP contribution is 2.32. The van der Waals surface area contributed by atoms with Crippen LogP contribution in [0.1, 0.15) is 70.6 Å². The molecule has 1 saturated carbocycles. The molecule has 142 valence electrons. The predicted octanol–water partition coefficient (Wildman–Crippen LogP) is 4.45. The van der Waals surface area contributed by atoms with Crippen molar-refractivity contribution in [2.24, 2.45) is 0 Å². The summed E-state index contributed by atoms with van der Waals surface area (Å²) < 4.78 is 2.17. The highest BCUT2D eigenvalue weighted by atomic mass is 32.1. The Kier molecular flexibility index (Phi) is 4.72. The van der Waals surface area contributed by atoms with E-state index in [0.717, 1.165) is 26.7 Å². The van der Waals surface area contributed by atoms with Gasteiger partial charge in [-0.15, -0.1) is 11.3 Å². The molecule has 3 aromatic rings. The second-order valence-corrected chi connectivity index (χ2v) is 8.83. The van der Waals surface area contributed by atoms with E-state index in [1.54, 1.807) is 22.4 Å². The van der Waals surface area contributed by atoms with Crippen molar-refractivity contribution in [1.82, 2.24) is 24.4 Å². The third-order valence-corrected chi connectivity index (χ3v) is 6.52. The van der Waals surface area contributed by atoms with Crippen LogP contribution in [0.2, 0.25) is 0 Å². The largest absolute Gasteiger partial charge is 0.333 e. The lowest BCUT2D eigenvalue weighted by molar-refractivity contribution is 0.0739. The second-order valence-electron chi connectivity index (χ2n) is 7.42. The van der Waals surface area contributed by atoms with Crippen LogP contribution >= 0.6 is 11.3 Å². The molecule has 27 heavy (non-hydrogen) atoms. The van der Waals surface area contributed by atoms with Crippen molar-refractivity contribution in [3.05, 3.63) is 39.7 Å². The van der Waals surface area contributed by atoms with Crippen LogP contribution in [0, 0.1) is 13.8 Å². The third kappa shape index (κ3) is 3.25. The molecule has 0 saturated heterocycles. The number of aryl methyl sites for hydroxylation is 2. The van der Waals surface area contributed by atoms with Gasteiger partial charge in [-0.2, -0.15) is 0 Å². The summed E-state index contributed by atoms with van der Waals surface area (Å²) in [6.07, 6.45) is 8.44. The van der Waals surface area contributed by atoms with Crippen molar-refractivity contribution >= 4 is 28.4 Å². The van der Waals surface area contributed by atoms with Crippen molar-refractivity contribution in [2.75, 3.05) is 7.05 Å². The Bertz CT molecular complexity index is 986. The van der Waals surface area contributed by atoms with E-state index in [9.17, 15) is 4.79 Å². The Labute approximate surface area is 163 Å². The molecule has 1 unspecified atom stereocenters. The van der Waals surface area contributed by atoms with Gasteiger partial charge in [-0.1, -0.05) is 12.8 Å². The van der Waals surface area contributed by atoms with E-state index in [2.05, 4.69) is 26.4 Å². The molecular weight excluding hydrogens is 358 g/mol. The minimum atomic E-state index is -0.0887. The number of fused-ring (bicyclic) bond motifs is 1. The number of rotatable bonds is 4. The first-order valence-electron chi connectivity index (χ1n) is 9.49. The molecule has 1 amide bonds. The number of hydrogen-bond acceptors (Lipinski definition) is 5. The van der Waals surface area contributed by atoms with Gasteiger partial charge in [0.1, 0.15) is 5.52 Å². The molecular formula is C20H25N5OS. The lowest BCUT2D eigenvalue weighted by Crippen LogP contribution is -2.30. The predicted molar refractivity (Wildman–Crippen MR) is 107 cm³/mol. The van der Waals surface area contributed by atoms with Crippen LogP contribution in [-0.2, 0) is 0 Å². The van der Waals surface area contributed by atoms with Crippen LogP contribution in [0.25, 0.3) is 11.2 Å². The maximum absolute atomic E-state index is 13.0. The van der Waals surface area contributed by atoms with E-state index in [1.165, 1.54) is 25.7 Å². The van der Waals surface area contributed by atoms with Gasteiger partial charge in [0.2, 0.25) is 0 Å². The molecule has 0 N–H and O–H groups in total. The molecule has 0 aliphatic heterocycles. The van der Waals surface area contributed by atoms with Crippen LogP contribution in [0.5, 0.6) is 0 Å². The molecule has 0 bridgehead atoms. The average Bonchev–Trinajstić information content (AvgIpc) is 3.38. The van der Waals surface area contributed by atoms with E-state index < -0.39 is 0 Å². The molecule has 0 aromatic carbocycles. The number of pyridine rings is 1. The first-order chi connectivity index (χ1) is 13.0.